The lowest BCUT2D eigenvalue weighted by Gasteiger charge is -2.34. The minimum absolute atomic E-state index is 0.00779. The highest BCUT2D eigenvalue weighted by Crippen LogP contribution is 2.51. The van der Waals surface area contributed by atoms with Crippen LogP contribution in [-0.4, -0.2) is 15.8 Å². The molecule has 1 N–H and O–H groups in total. The smallest absolute Gasteiger partial charge is 0.251 e. The van der Waals surface area contributed by atoms with Gasteiger partial charge < -0.3 is 9.88 Å². The number of H-pyrrole nitrogens is 1. The van der Waals surface area contributed by atoms with Crippen molar-refractivity contribution in [2.45, 2.75) is 44.7 Å². The number of nitrogens with zero attached hydrogens (tertiary/aromatic N) is 1. The summed E-state index contributed by atoms with van der Waals surface area (Å²) in [5.41, 5.74) is 8.20. The predicted octanol–water partition coefficient (Wildman–Crippen LogP) is 7.35. The summed E-state index contributed by atoms with van der Waals surface area (Å²) in [4.78, 5) is 19.8. The molecule has 0 saturated carbocycles. The Morgan fingerprint density at radius 2 is 1.52 bits per heavy atom. The van der Waals surface area contributed by atoms with Gasteiger partial charge in [0.15, 0.2) is 0 Å². The maximum Gasteiger partial charge on any atom is 0.251 e. The van der Waals surface area contributed by atoms with Crippen molar-refractivity contribution in [1.82, 2.24) is 9.88 Å². The highest BCUT2D eigenvalue weighted by molar-refractivity contribution is 6.01. The van der Waals surface area contributed by atoms with E-state index in [4.69, 9.17) is 0 Å². The molecule has 0 fully saturated rings. The molecule has 33 heavy (non-hydrogen) atoms. The Balaban J connectivity index is 1.60. The summed E-state index contributed by atoms with van der Waals surface area (Å²) >= 11 is 0. The standard InChI is InChI=1S/C30H28N2O/c1-20(21-12-4-2-5-13-21)32-29(23-16-8-9-17-24(23)30(32)33)27-25-18-10-11-19-26(25)31-28(27)22-14-6-3-7-15-22/h2-7,10-15,18-20,29,31H,8-9,16-17H2,1H3/t20-,29+/m1/s1. The predicted molar refractivity (Wildman–Crippen MR) is 134 cm³/mol. The van der Waals surface area contributed by atoms with E-state index in [9.17, 15) is 4.79 Å². The van der Waals surface area contributed by atoms with Crippen LogP contribution in [0.1, 0.15) is 55.8 Å². The van der Waals surface area contributed by atoms with E-state index in [1.807, 2.05) is 6.07 Å². The third-order valence-electron chi connectivity index (χ3n) is 7.39. The fraction of sp³-hybridized carbons (Fsp3) is 0.233. The van der Waals surface area contributed by atoms with Crippen molar-refractivity contribution >= 4 is 16.8 Å². The second-order valence-corrected chi connectivity index (χ2v) is 9.24. The molecule has 1 aliphatic heterocycles. The minimum Gasteiger partial charge on any atom is -0.354 e. The Hall–Kier alpha value is -3.59. The van der Waals surface area contributed by atoms with Gasteiger partial charge in [0, 0.05) is 22.0 Å². The highest BCUT2D eigenvalue weighted by Gasteiger charge is 2.44. The van der Waals surface area contributed by atoms with Crippen LogP contribution in [0.2, 0.25) is 0 Å². The number of rotatable bonds is 4. The van der Waals surface area contributed by atoms with Gasteiger partial charge >= 0.3 is 0 Å². The first-order valence-electron chi connectivity index (χ1n) is 12.0. The van der Waals surface area contributed by atoms with E-state index in [0.29, 0.717) is 0 Å². The van der Waals surface area contributed by atoms with Crippen LogP contribution < -0.4 is 0 Å². The molecule has 0 saturated heterocycles. The fourth-order valence-corrected chi connectivity index (χ4v) is 5.80. The third-order valence-corrected chi connectivity index (χ3v) is 7.39. The molecule has 3 aromatic carbocycles. The van der Waals surface area contributed by atoms with Gasteiger partial charge in [-0.2, -0.15) is 0 Å². The first-order valence-corrected chi connectivity index (χ1v) is 12.0. The largest absolute Gasteiger partial charge is 0.354 e. The molecule has 3 nitrogen and oxygen atoms in total. The van der Waals surface area contributed by atoms with Crippen molar-refractivity contribution in [3.05, 3.63) is 107 Å². The van der Waals surface area contributed by atoms with Crippen molar-refractivity contribution in [2.75, 3.05) is 0 Å². The van der Waals surface area contributed by atoms with Crippen LogP contribution in [0.25, 0.3) is 22.2 Å². The number of amides is 1. The van der Waals surface area contributed by atoms with Gasteiger partial charge in [0.2, 0.25) is 0 Å². The number of benzene rings is 3. The van der Waals surface area contributed by atoms with E-state index in [2.05, 4.69) is 95.7 Å². The SMILES string of the molecule is C[C@H](c1ccccc1)N1C(=O)C2=C(CCCC2)[C@H]1c1c(-c2ccccc2)[nH]c2ccccc12. The summed E-state index contributed by atoms with van der Waals surface area (Å²) < 4.78 is 0. The van der Waals surface area contributed by atoms with Gasteiger partial charge in [0.25, 0.3) is 5.91 Å². The van der Waals surface area contributed by atoms with Gasteiger partial charge in [0.1, 0.15) is 0 Å². The van der Waals surface area contributed by atoms with E-state index in [-0.39, 0.29) is 18.0 Å². The van der Waals surface area contributed by atoms with Crippen LogP contribution in [0, 0.1) is 0 Å². The van der Waals surface area contributed by atoms with Gasteiger partial charge in [-0.1, -0.05) is 78.9 Å². The molecule has 0 bridgehead atoms. The lowest BCUT2D eigenvalue weighted by atomic mass is 9.85. The summed E-state index contributed by atoms with van der Waals surface area (Å²) in [6.45, 7) is 2.18. The number of hydrogen-bond donors (Lipinski definition) is 1. The van der Waals surface area contributed by atoms with Gasteiger partial charge in [-0.3, -0.25) is 4.79 Å². The fourth-order valence-electron chi connectivity index (χ4n) is 5.80. The number of para-hydroxylation sites is 1. The lowest BCUT2D eigenvalue weighted by molar-refractivity contribution is -0.129. The molecule has 164 valence electrons. The molecule has 6 rings (SSSR count). The van der Waals surface area contributed by atoms with E-state index in [1.54, 1.807) is 0 Å². The number of aromatic amines is 1. The van der Waals surface area contributed by atoms with Gasteiger partial charge in [0.05, 0.1) is 17.8 Å². The van der Waals surface area contributed by atoms with Crippen LogP contribution >= 0.6 is 0 Å². The average molecular weight is 433 g/mol. The molecular weight excluding hydrogens is 404 g/mol. The molecule has 1 aliphatic carbocycles. The molecule has 4 aromatic rings. The van der Waals surface area contributed by atoms with Crippen molar-refractivity contribution in [1.29, 1.82) is 0 Å². The molecule has 0 spiro atoms. The van der Waals surface area contributed by atoms with Gasteiger partial charge in [-0.15, -0.1) is 0 Å². The third kappa shape index (κ3) is 3.22. The molecule has 1 aromatic heterocycles. The summed E-state index contributed by atoms with van der Waals surface area (Å²) in [7, 11) is 0. The monoisotopic (exact) mass is 432 g/mol. The first kappa shape index (κ1) is 20.0. The zero-order valence-corrected chi connectivity index (χ0v) is 18.9. The number of aromatic nitrogens is 1. The highest BCUT2D eigenvalue weighted by atomic mass is 16.2. The van der Waals surface area contributed by atoms with Crippen LogP contribution in [0.15, 0.2) is 96.1 Å². The maximum atomic E-state index is 13.9. The minimum atomic E-state index is -0.0469. The molecule has 2 heterocycles. The van der Waals surface area contributed by atoms with E-state index >= 15 is 0 Å². The Morgan fingerprint density at radius 3 is 2.30 bits per heavy atom. The van der Waals surface area contributed by atoms with Crippen LogP contribution in [0.3, 0.4) is 0 Å². The zero-order valence-electron chi connectivity index (χ0n) is 18.9. The van der Waals surface area contributed by atoms with Crippen LogP contribution in [0.4, 0.5) is 0 Å². The normalized spacial score (nSPS) is 19.2. The Kier molecular flexibility index (Phi) is 4.91. The molecular formula is C30H28N2O. The van der Waals surface area contributed by atoms with E-state index in [0.717, 1.165) is 48.0 Å². The van der Waals surface area contributed by atoms with Crippen molar-refractivity contribution in [3.8, 4) is 11.3 Å². The second-order valence-electron chi connectivity index (χ2n) is 9.24. The summed E-state index contributed by atoms with van der Waals surface area (Å²) in [5.74, 6) is 0.218. The van der Waals surface area contributed by atoms with Crippen molar-refractivity contribution in [2.24, 2.45) is 0 Å². The number of nitrogens with one attached hydrogen (secondary N) is 1. The molecule has 0 radical (unpaired) electrons. The lowest BCUT2D eigenvalue weighted by Crippen LogP contribution is -2.33. The number of hydrogen-bond acceptors (Lipinski definition) is 1. The molecule has 0 unspecified atom stereocenters. The zero-order chi connectivity index (χ0) is 22.4. The number of fused-ring (bicyclic) bond motifs is 1. The van der Waals surface area contributed by atoms with E-state index < -0.39 is 0 Å². The average Bonchev–Trinajstić information content (AvgIpc) is 3.40. The van der Waals surface area contributed by atoms with Gasteiger partial charge in [-0.05, 0) is 55.4 Å². The quantitative estimate of drug-likeness (QED) is 0.359. The van der Waals surface area contributed by atoms with Gasteiger partial charge in [-0.25, -0.2) is 0 Å². The van der Waals surface area contributed by atoms with E-state index in [1.165, 1.54) is 22.1 Å². The topological polar surface area (TPSA) is 36.1 Å². The molecule has 1 amide bonds. The summed E-state index contributed by atoms with van der Waals surface area (Å²) in [6.07, 6.45) is 4.15. The summed E-state index contributed by atoms with van der Waals surface area (Å²) in [5, 5.41) is 1.21. The first-order chi connectivity index (χ1) is 16.2. The molecule has 2 aliphatic rings. The number of carbonyl (C=O) groups excluding carboxylic acids is 1. The Morgan fingerprint density at radius 1 is 0.848 bits per heavy atom. The summed E-state index contributed by atoms with van der Waals surface area (Å²) in [6, 6.07) is 29.4. The maximum absolute atomic E-state index is 13.9. The van der Waals surface area contributed by atoms with Crippen molar-refractivity contribution < 1.29 is 4.79 Å². The molecule has 2 atom stereocenters. The Bertz CT molecular complexity index is 1350. The van der Waals surface area contributed by atoms with Crippen LogP contribution in [-0.2, 0) is 4.79 Å². The van der Waals surface area contributed by atoms with Crippen molar-refractivity contribution in [3.63, 3.8) is 0 Å². The second kappa shape index (κ2) is 8.08. The number of carbonyl (C=O) groups is 1. The molecule has 3 heteroatoms. The Labute approximate surface area is 194 Å². The van der Waals surface area contributed by atoms with Crippen LogP contribution in [0.5, 0.6) is 0 Å².